The van der Waals surface area contributed by atoms with Gasteiger partial charge in [0.1, 0.15) is 5.82 Å². The Morgan fingerprint density at radius 3 is 2.95 bits per heavy atom. The van der Waals surface area contributed by atoms with Crippen LogP contribution in [0.4, 0.5) is 15.8 Å². The molecule has 1 fully saturated rings. The number of nitrogens with one attached hydrogen (secondary N) is 1. The fourth-order valence-corrected chi connectivity index (χ4v) is 2.33. The Bertz CT molecular complexity index is 495. The van der Waals surface area contributed by atoms with E-state index in [1.807, 2.05) is 6.92 Å². The van der Waals surface area contributed by atoms with Gasteiger partial charge in [-0.1, -0.05) is 0 Å². The number of benzene rings is 1. The van der Waals surface area contributed by atoms with E-state index in [1.54, 1.807) is 7.11 Å². The Morgan fingerprint density at radius 2 is 2.35 bits per heavy atom. The topological polar surface area (TPSA) is 67.6 Å². The number of nitrogen functional groups attached to an aromatic ring is 1. The van der Waals surface area contributed by atoms with Crippen LogP contribution in [0.25, 0.3) is 0 Å². The smallest absolute Gasteiger partial charge is 0.241 e. The lowest BCUT2D eigenvalue weighted by atomic mass is 10.2. The molecule has 0 radical (unpaired) electrons. The Kier molecular flexibility index (Phi) is 4.57. The minimum Gasteiger partial charge on any atom is -0.396 e. The van der Waals surface area contributed by atoms with Crippen molar-refractivity contribution < 1.29 is 13.9 Å². The summed E-state index contributed by atoms with van der Waals surface area (Å²) in [6, 6.07) is 3.90. The summed E-state index contributed by atoms with van der Waals surface area (Å²) in [7, 11) is 1.68. The predicted molar refractivity (Wildman–Crippen MR) is 75.9 cm³/mol. The molecular formula is C14H20FN3O2. The van der Waals surface area contributed by atoms with Crippen molar-refractivity contribution in [2.75, 3.05) is 31.2 Å². The molecule has 0 bridgehead atoms. The number of rotatable bonds is 4. The zero-order valence-electron chi connectivity index (χ0n) is 11.7. The van der Waals surface area contributed by atoms with Gasteiger partial charge in [-0.2, -0.15) is 0 Å². The van der Waals surface area contributed by atoms with E-state index in [0.29, 0.717) is 5.69 Å². The maximum absolute atomic E-state index is 13.1. The molecule has 1 aromatic carbocycles. The number of amides is 1. The summed E-state index contributed by atoms with van der Waals surface area (Å²) in [5, 5.41) is 2.75. The first-order valence-electron chi connectivity index (χ1n) is 6.64. The second-order valence-electron chi connectivity index (χ2n) is 5.04. The van der Waals surface area contributed by atoms with Gasteiger partial charge in [0.05, 0.1) is 17.8 Å². The van der Waals surface area contributed by atoms with Crippen LogP contribution in [0.15, 0.2) is 18.2 Å². The summed E-state index contributed by atoms with van der Waals surface area (Å²) in [5.41, 5.74) is 6.00. The fraction of sp³-hybridized carbons (Fsp3) is 0.500. The normalized spacial score (nSPS) is 20.9. The minimum absolute atomic E-state index is 0.0241. The number of nitrogens with two attached hydrogens (primary N) is 1. The third-order valence-electron chi connectivity index (χ3n) is 3.70. The van der Waals surface area contributed by atoms with E-state index in [1.165, 1.54) is 18.2 Å². The van der Waals surface area contributed by atoms with Gasteiger partial charge in [0.2, 0.25) is 5.91 Å². The first-order chi connectivity index (χ1) is 9.51. The molecule has 20 heavy (non-hydrogen) atoms. The number of hydrogen-bond acceptors (Lipinski definition) is 4. The monoisotopic (exact) mass is 281 g/mol. The number of anilines is 2. The fourth-order valence-electron chi connectivity index (χ4n) is 2.33. The number of carbonyl (C=O) groups excluding carboxylic acids is 1. The summed E-state index contributed by atoms with van der Waals surface area (Å²) in [4.78, 5) is 14.2. The molecule has 0 aromatic heterocycles. The molecule has 2 unspecified atom stereocenters. The van der Waals surface area contributed by atoms with Crippen molar-refractivity contribution in [2.45, 2.75) is 25.5 Å². The van der Waals surface area contributed by atoms with Crippen LogP contribution in [0.1, 0.15) is 13.3 Å². The SMILES string of the molecule is COC1CCN(C(C)C(=O)Nc2ccc(F)c(N)c2)C1. The molecule has 0 aliphatic carbocycles. The van der Waals surface area contributed by atoms with Crippen LogP contribution in [0.3, 0.4) is 0 Å². The van der Waals surface area contributed by atoms with Crippen LogP contribution in [-0.4, -0.2) is 43.2 Å². The highest BCUT2D eigenvalue weighted by molar-refractivity contribution is 5.94. The molecule has 3 N–H and O–H groups in total. The van der Waals surface area contributed by atoms with E-state index in [0.717, 1.165) is 19.5 Å². The molecule has 1 heterocycles. The number of ether oxygens (including phenoxy) is 1. The Morgan fingerprint density at radius 1 is 1.60 bits per heavy atom. The van der Waals surface area contributed by atoms with Crippen LogP contribution in [-0.2, 0) is 9.53 Å². The molecular weight excluding hydrogens is 261 g/mol. The van der Waals surface area contributed by atoms with Gasteiger partial charge in [-0.3, -0.25) is 9.69 Å². The number of likely N-dealkylation sites (tertiary alicyclic amines) is 1. The van der Waals surface area contributed by atoms with Crippen molar-refractivity contribution in [2.24, 2.45) is 0 Å². The standard InChI is InChI=1S/C14H20FN3O2/c1-9(18-6-5-11(8-18)20-2)14(19)17-10-3-4-12(15)13(16)7-10/h3-4,7,9,11H,5-6,8,16H2,1-2H3,(H,17,19). The molecule has 1 saturated heterocycles. The average molecular weight is 281 g/mol. The largest absolute Gasteiger partial charge is 0.396 e. The van der Waals surface area contributed by atoms with Crippen LogP contribution < -0.4 is 11.1 Å². The number of nitrogens with zero attached hydrogens (tertiary/aromatic N) is 1. The number of methoxy groups -OCH3 is 1. The third kappa shape index (κ3) is 3.26. The van der Waals surface area contributed by atoms with Crippen LogP contribution in [0.5, 0.6) is 0 Å². The molecule has 6 heteroatoms. The van der Waals surface area contributed by atoms with Gasteiger partial charge < -0.3 is 15.8 Å². The number of halogens is 1. The Labute approximate surface area is 117 Å². The van der Waals surface area contributed by atoms with E-state index in [4.69, 9.17) is 10.5 Å². The highest BCUT2D eigenvalue weighted by atomic mass is 19.1. The summed E-state index contributed by atoms with van der Waals surface area (Å²) >= 11 is 0. The molecule has 1 amide bonds. The lowest BCUT2D eigenvalue weighted by molar-refractivity contribution is -0.120. The van der Waals surface area contributed by atoms with Crippen molar-refractivity contribution in [3.8, 4) is 0 Å². The summed E-state index contributed by atoms with van der Waals surface area (Å²) in [6.07, 6.45) is 1.11. The highest BCUT2D eigenvalue weighted by Crippen LogP contribution is 2.19. The summed E-state index contributed by atoms with van der Waals surface area (Å²) < 4.78 is 18.3. The second-order valence-corrected chi connectivity index (χ2v) is 5.04. The molecule has 110 valence electrons. The average Bonchev–Trinajstić information content (AvgIpc) is 2.91. The molecule has 5 nitrogen and oxygen atoms in total. The van der Waals surface area contributed by atoms with Crippen molar-refractivity contribution in [1.29, 1.82) is 0 Å². The van der Waals surface area contributed by atoms with Crippen molar-refractivity contribution >= 4 is 17.3 Å². The van der Waals surface area contributed by atoms with Crippen molar-refractivity contribution in [1.82, 2.24) is 4.90 Å². The van der Waals surface area contributed by atoms with E-state index < -0.39 is 5.82 Å². The Hall–Kier alpha value is -1.66. The molecule has 1 aliphatic heterocycles. The van der Waals surface area contributed by atoms with Gasteiger partial charge in [0.25, 0.3) is 0 Å². The number of carbonyl (C=O) groups is 1. The summed E-state index contributed by atoms with van der Waals surface area (Å²) in [5.74, 6) is -0.619. The van der Waals surface area contributed by atoms with E-state index >= 15 is 0 Å². The molecule has 2 atom stereocenters. The molecule has 1 aliphatic rings. The van der Waals surface area contributed by atoms with Gasteiger partial charge in [-0.15, -0.1) is 0 Å². The first kappa shape index (κ1) is 14.7. The van der Waals surface area contributed by atoms with Gasteiger partial charge >= 0.3 is 0 Å². The van der Waals surface area contributed by atoms with Crippen molar-refractivity contribution in [3.63, 3.8) is 0 Å². The van der Waals surface area contributed by atoms with Gasteiger partial charge in [0, 0.05) is 25.9 Å². The zero-order valence-corrected chi connectivity index (χ0v) is 11.7. The lowest BCUT2D eigenvalue weighted by Gasteiger charge is -2.23. The highest BCUT2D eigenvalue weighted by Gasteiger charge is 2.29. The second kappa shape index (κ2) is 6.19. The summed E-state index contributed by atoms with van der Waals surface area (Å²) in [6.45, 7) is 3.43. The van der Waals surface area contributed by atoms with Crippen LogP contribution in [0, 0.1) is 5.82 Å². The maximum atomic E-state index is 13.1. The lowest BCUT2D eigenvalue weighted by Crippen LogP contribution is -2.41. The molecule has 1 aromatic rings. The van der Waals surface area contributed by atoms with Crippen LogP contribution >= 0.6 is 0 Å². The van der Waals surface area contributed by atoms with E-state index in [9.17, 15) is 9.18 Å². The van der Waals surface area contributed by atoms with Gasteiger partial charge in [-0.05, 0) is 31.5 Å². The number of hydrogen-bond donors (Lipinski definition) is 2. The molecule has 0 spiro atoms. The van der Waals surface area contributed by atoms with E-state index in [2.05, 4.69) is 10.2 Å². The quantitative estimate of drug-likeness (QED) is 0.820. The van der Waals surface area contributed by atoms with Crippen LogP contribution in [0.2, 0.25) is 0 Å². The predicted octanol–water partition coefficient (Wildman–Crippen LogP) is 1.46. The van der Waals surface area contributed by atoms with Gasteiger partial charge in [-0.25, -0.2) is 4.39 Å². The zero-order chi connectivity index (χ0) is 14.7. The maximum Gasteiger partial charge on any atom is 0.241 e. The Balaban J connectivity index is 1.95. The first-order valence-corrected chi connectivity index (χ1v) is 6.64. The molecule has 0 saturated carbocycles. The van der Waals surface area contributed by atoms with E-state index in [-0.39, 0.29) is 23.7 Å². The third-order valence-corrected chi connectivity index (χ3v) is 3.70. The minimum atomic E-state index is -0.487. The molecule has 2 rings (SSSR count). The van der Waals surface area contributed by atoms with Crippen molar-refractivity contribution in [3.05, 3.63) is 24.0 Å². The van der Waals surface area contributed by atoms with Gasteiger partial charge in [0.15, 0.2) is 0 Å².